The van der Waals surface area contributed by atoms with Crippen LogP contribution in [0.4, 0.5) is 0 Å². The van der Waals surface area contributed by atoms with Gasteiger partial charge in [0, 0.05) is 12.0 Å². The maximum Gasteiger partial charge on any atom is 0.305 e. The summed E-state index contributed by atoms with van der Waals surface area (Å²) in [5.74, 6) is -0.941. The first kappa shape index (κ1) is 14.9. The molecule has 0 aromatic heterocycles. The van der Waals surface area contributed by atoms with Crippen LogP contribution >= 0.6 is 0 Å². The lowest BCUT2D eigenvalue weighted by Gasteiger charge is -2.12. The molecule has 1 amide bonds. The van der Waals surface area contributed by atoms with E-state index in [4.69, 9.17) is 0 Å². The standard InChI is InChI=1S/C14H17NO4/c1-10(12(16)8-9-13(17)19-2)15-14(18)11-6-4-3-5-7-11/h3-7,10H,8-9H2,1-2H3,(H,15,18). The molecule has 1 rings (SSSR count). The highest BCUT2D eigenvalue weighted by atomic mass is 16.5. The highest BCUT2D eigenvalue weighted by molar-refractivity contribution is 5.98. The van der Waals surface area contributed by atoms with Crippen molar-refractivity contribution in [3.8, 4) is 0 Å². The third kappa shape index (κ3) is 4.91. The molecule has 19 heavy (non-hydrogen) atoms. The van der Waals surface area contributed by atoms with Gasteiger partial charge in [-0.2, -0.15) is 0 Å². The molecule has 0 radical (unpaired) electrons. The predicted octanol–water partition coefficient (Wildman–Crippen LogP) is 1.33. The number of hydrogen-bond acceptors (Lipinski definition) is 4. The SMILES string of the molecule is COC(=O)CCC(=O)C(C)NC(=O)c1ccccc1. The van der Waals surface area contributed by atoms with Crippen LogP contribution < -0.4 is 5.32 Å². The van der Waals surface area contributed by atoms with Gasteiger partial charge in [-0.05, 0) is 19.1 Å². The lowest BCUT2D eigenvalue weighted by atomic mass is 10.1. The van der Waals surface area contributed by atoms with E-state index in [0.29, 0.717) is 5.56 Å². The predicted molar refractivity (Wildman–Crippen MR) is 69.6 cm³/mol. The van der Waals surface area contributed by atoms with E-state index in [2.05, 4.69) is 10.1 Å². The van der Waals surface area contributed by atoms with Gasteiger partial charge < -0.3 is 10.1 Å². The first-order chi connectivity index (χ1) is 9.04. The number of ether oxygens (including phenoxy) is 1. The number of rotatable bonds is 6. The second-order valence-electron chi connectivity index (χ2n) is 4.10. The Hall–Kier alpha value is -2.17. The summed E-state index contributed by atoms with van der Waals surface area (Å²) in [6.07, 6.45) is 0.0871. The van der Waals surface area contributed by atoms with E-state index in [1.807, 2.05) is 6.07 Å². The van der Waals surface area contributed by atoms with Crippen molar-refractivity contribution in [3.05, 3.63) is 35.9 Å². The van der Waals surface area contributed by atoms with Crippen LogP contribution in [0.25, 0.3) is 0 Å². The number of benzene rings is 1. The average molecular weight is 263 g/mol. The quantitative estimate of drug-likeness (QED) is 0.786. The van der Waals surface area contributed by atoms with E-state index >= 15 is 0 Å². The second kappa shape index (κ2) is 7.31. The lowest BCUT2D eigenvalue weighted by Crippen LogP contribution is -2.38. The normalized spacial score (nSPS) is 11.5. The van der Waals surface area contributed by atoms with Crippen molar-refractivity contribution < 1.29 is 19.1 Å². The zero-order chi connectivity index (χ0) is 14.3. The molecule has 0 heterocycles. The van der Waals surface area contributed by atoms with Gasteiger partial charge in [0.25, 0.3) is 5.91 Å². The zero-order valence-corrected chi connectivity index (χ0v) is 11.0. The highest BCUT2D eigenvalue weighted by Gasteiger charge is 2.17. The Morgan fingerprint density at radius 2 is 1.79 bits per heavy atom. The average Bonchev–Trinajstić information content (AvgIpc) is 2.44. The van der Waals surface area contributed by atoms with Crippen molar-refractivity contribution in [1.82, 2.24) is 5.32 Å². The van der Waals surface area contributed by atoms with E-state index < -0.39 is 12.0 Å². The van der Waals surface area contributed by atoms with Gasteiger partial charge in [0.1, 0.15) is 0 Å². The number of carbonyl (C=O) groups is 3. The fraction of sp³-hybridized carbons (Fsp3) is 0.357. The number of methoxy groups -OCH3 is 1. The topological polar surface area (TPSA) is 72.5 Å². The smallest absolute Gasteiger partial charge is 0.305 e. The number of ketones is 1. The summed E-state index contributed by atoms with van der Waals surface area (Å²) >= 11 is 0. The molecule has 5 heteroatoms. The first-order valence-electron chi connectivity index (χ1n) is 6.00. The molecule has 0 bridgehead atoms. The molecule has 102 valence electrons. The Morgan fingerprint density at radius 3 is 2.37 bits per heavy atom. The van der Waals surface area contributed by atoms with Crippen molar-refractivity contribution in [2.45, 2.75) is 25.8 Å². The van der Waals surface area contributed by atoms with E-state index in [0.717, 1.165) is 0 Å². The molecule has 0 spiro atoms. The van der Waals surface area contributed by atoms with Crippen LogP contribution in [0.2, 0.25) is 0 Å². The van der Waals surface area contributed by atoms with Crippen molar-refractivity contribution in [2.24, 2.45) is 0 Å². The third-order valence-electron chi connectivity index (χ3n) is 2.67. The van der Waals surface area contributed by atoms with Crippen LogP contribution in [0.5, 0.6) is 0 Å². The number of hydrogen-bond donors (Lipinski definition) is 1. The number of amides is 1. The lowest BCUT2D eigenvalue weighted by molar-refractivity contribution is -0.142. The van der Waals surface area contributed by atoms with Gasteiger partial charge >= 0.3 is 5.97 Å². The fourth-order valence-electron chi connectivity index (χ4n) is 1.49. The Balaban J connectivity index is 2.46. The van der Waals surface area contributed by atoms with Gasteiger partial charge in [0.05, 0.1) is 19.6 Å². The number of nitrogens with one attached hydrogen (secondary N) is 1. The summed E-state index contributed by atoms with van der Waals surface area (Å²) in [6.45, 7) is 1.60. The van der Waals surface area contributed by atoms with Crippen molar-refractivity contribution >= 4 is 17.7 Å². The summed E-state index contributed by atoms with van der Waals surface area (Å²) in [6, 6.07) is 8.01. The summed E-state index contributed by atoms with van der Waals surface area (Å²) in [4.78, 5) is 34.4. The molecule has 0 saturated heterocycles. The molecular weight excluding hydrogens is 246 g/mol. The van der Waals surface area contributed by atoms with Crippen LogP contribution in [-0.4, -0.2) is 30.8 Å². The molecule has 0 aliphatic carbocycles. The van der Waals surface area contributed by atoms with Gasteiger partial charge in [0.15, 0.2) is 5.78 Å². The van der Waals surface area contributed by atoms with Crippen molar-refractivity contribution in [3.63, 3.8) is 0 Å². The van der Waals surface area contributed by atoms with E-state index in [1.165, 1.54) is 7.11 Å². The molecule has 0 aliphatic rings. The van der Waals surface area contributed by atoms with Gasteiger partial charge in [-0.3, -0.25) is 14.4 Å². The summed E-state index contributed by atoms with van der Waals surface area (Å²) in [5.41, 5.74) is 0.495. The second-order valence-corrected chi connectivity index (χ2v) is 4.10. The van der Waals surface area contributed by atoms with Crippen molar-refractivity contribution in [2.75, 3.05) is 7.11 Å². The van der Waals surface area contributed by atoms with Crippen molar-refractivity contribution in [1.29, 1.82) is 0 Å². The van der Waals surface area contributed by atoms with Crippen LogP contribution in [0.15, 0.2) is 30.3 Å². The number of Topliss-reactive ketones (excluding diaryl/α,β-unsaturated/α-hetero) is 1. The number of carbonyl (C=O) groups excluding carboxylic acids is 3. The molecule has 1 atom stereocenters. The highest BCUT2D eigenvalue weighted by Crippen LogP contribution is 2.02. The molecule has 1 N–H and O–H groups in total. The summed E-state index contributed by atoms with van der Waals surface area (Å²) in [7, 11) is 1.27. The minimum absolute atomic E-state index is 0.0287. The Kier molecular flexibility index (Phi) is 5.73. The Labute approximate surface area is 111 Å². The Morgan fingerprint density at radius 1 is 1.16 bits per heavy atom. The maximum atomic E-state index is 11.8. The monoisotopic (exact) mass is 263 g/mol. The summed E-state index contributed by atoms with van der Waals surface area (Å²) in [5, 5.41) is 2.60. The molecule has 5 nitrogen and oxygen atoms in total. The first-order valence-corrected chi connectivity index (χ1v) is 6.00. The molecule has 1 aromatic carbocycles. The molecule has 0 aliphatic heterocycles. The van der Waals surface area contributed by atoms with Crippen LogP contribution in [0.1, 0.15) is 30.1 Å². The van der Waals surface area contributed by atoms with E-state index in [1.54, 1.807) is 31.2 Å². The maximum absolute atomic E-state index is 11.8. The number of esters is 1. The van der Waals surface area contributed by atoms with Crippen LogP contribution in [0.3, 0.4) is 0 Å². The largest absolute Gasteiger partial charge is 0.469 e. The van der Waals surface area contributed by atoms with E-state index in [-0.39, 0.29) is 24.5 Å². The minimum Gasteiger partial charge on any atom is -0.469 e. The Bertz CT molecular complexity index is 456. The zero-order valence-electron chi connectivity index (χ0n) is 11.0. The van der Waals surface area contributed by atoms with Crippen LogP contribution in [-0.2, 0) is 14.3 Å². The molecular formula is C14H17NO4. The van der Waals surface area contributed by atoms with Gasteiger partial charge in [-0.25, -0.2) is 0 Å². The van der Waals surface area contributed by atoms with Crippen LogP contribution in [0, 0.1) is 0 Å². The molecule has 1 aromatic rings. The molecule has 0 saturated carbocycles. The molecule has 0 fully saturated rings. The van der Waals surface area contributed by atoms with Gasteiger partial charge in [-0.1, -0.05) is 18.2 Å². The van der Waals surface area contributed by atoms with Gasteiger partial charge in [0.2, 0.25) is 0 Å². The minimum atomic E-state index is -0.627. The molecule has 1 unspecified atom stereocenters. The summed E-state index contributed by atoms with van der Waals surface area (Å²) < 4.78 is 4.45. The third-order valence-corrected chi connectivity index (χ3v) is 2.67. The fourth-order valence-corrected chi connectivity index (χ4v) is 1.49. The van der Waals surface area contributed by atoms with E-state index in [9.17, 15) is 14.4 Å². The van der Waals surface area contributed by atoms with Gasteiger partial charge in [-0.15, -0.1) is 0 Å².